The maximum absolute atomic E-state index is 10.5. The summed E-state index contributed by atoms with van der Waals surface area (Å²) in [5.41, 5.74) is 6.49. The van der Waals surface area contributed by atoms with Gasteiger partial charge in [-0.3, -0.25) is 4.57 Å². The fourth-order valence-electron chi connectivity index (χ4n) is 2.28. The van der Waals surface area contributed by atoms with Crippen molar-refractivity contribution in [2.45, 2.75) is 24.9 Å². The van der Waals surface area contributed by atoms with Gasteiger partial charge in [0.1, 0.15) is 24.2 Å². The summed E-state index contributed by atoms with van der Waals surface area (Å²) in [5, 5.41) is 9.89. The molecule has 20 heteroatoms. The van der Waals surface area contributed by atoms with Crippen molar-refractivity contribution in [2.75, 3.05) is 12.3 Å². The van der Waals surface area contributed by atoms with Crippen LogP contribution in [0.3, 0.4) is 0 Å². The molecule has 3 rings (SSSR count). The predicted octanol–water partition coefficient (Wildman–Crippen LogP) is -13.0. The smallest absolute Gasteiger partial charge is 0.790 e. The van der Waals surface area contributed by atoms with E-state index in [0.29, 0.717) is 11.2 Å². The van der Waals surface area contributed by atoms with Crippen LogP contribution in [0.1, 0.15) is 12.6 Å². The molecule has 1 aliphatic rings. The van der Waals surface area contributed by atoms with E-state index in [4.69, 9.17) is 10.5 Å². The normalized spacial score (nSPS) is 19.0. The summed E-state index contributed by atoms with van der Waals surface area (Å²) in [4.78, 5) is 32.9. The molecule has 0 unspecified atom stereocenters. The van der Waals surface area contributed by atoms with Gasteiger partial charge in [0.2, 0.25) is 0 Å². The Morgan fingerprint density at radius 2 is 1.73 bits per heavy atom. The van der Waals surface area contributed by atoms with E-state index in [1.807, 2.05) is 0 Å². The van der Waals surface area contributed by atoms with Gasteiger partial charge in [-0.05, 0) is 0 Å². The molecule has 0 radical (unpaired) electrons. The van der Waals surface area contributed by atoms with Crippen molar-refractivity contribution in [1.82, 2.24) is 19.5 Å². The molecule has 3 atom stereocenters. The second kappa shape index (κ2) is 17.7. The number of aromatic nitrogens is 4. The number of hydrogen-bond donors (Lipinski definition) is 2. The number of nitrogen functional groups attached to an aromatic ring is 1. The zero-order valence-electron chi connectivity index (χ0n) is 16.1. The molecule has 1 saturated heterocycles. The van der Waals surface area contributed by atoms with Gasteiger partial charge < -0.3 is 67.3 Å². The van der Waals surface area contributed by atoms with Crippen LogP contribution < -0.4 is 74.6 Å². The van der Waals surface area contributed by atoms with Crippen LogP contribution in [0.25, 0.3) is 11.2 Å². The summed E-state index contributed by atoms with van der Waals surface area (Å²) in [6, 6.07) is 0. The first-order valence-electron chi connectivity index (χ1n) is 6.28. The molecule has 2 aromatic heterocycles. The van der Waals surface area contributed by atoms with Crippen molar-refractivity contribution in [3.63, 3.8) is 0 Å². The SMILES string of the molecule is Nc1ncnc2c1ncn2[C@H]1C[C@H](O)[C@@H](COP(=O)([O-])[O-])O1.O.O.O.O.O.O.[Na+].[Na+]. The quantitative estimate of drug-likeness (QED) is 0.305. The van der Waals surface area contributed by atoms with E-state index < -0.39 is 32.9 Å². The van der Waals surface area contributed by atoms with Crippen LogP contribution in [-0.2, 0) is 13.8 Å². The molecule has 0 amide bonds. The summed E-state index contributed by atoms with van der Waals surface area (Å²) in [6.07, 6.45) is 0.285. The van der Waals surface area contributed by atoms with E-state index in [0.717, 1.165) is 0 Å². The minimum absolute atomic E-state index is 0. The molecule has 15 N–H and O–H groups in total. The van der Waals surface area contributed by atoms with Crippen molar-refractivity contribution < 1.29 is 121 Å². The summed E-state index contributed by atoms with van der Waals surface area (Å²) in [6.45, 7) is -0.550. The number of aliphatic hydroxyl groups excluding tert-OH is 1. The third kappa shape index (κ3) is 10.2. The van der Waals surface area contributed by atoms with E-state index in [1.54, 1.807) is 4.57 Å². The molecular formula is C10H24N5Na2O12P. The van der Waals surface area contributed by atoms with Crippen LogP contribution in [0.15, 0.2) is 12.7 Å². The molecule has 0 bridgehead atoms. The molecule has 30 heavy (non-hydrogen) atoms. The van der Waals surface area contributed by atoms with Gasteiger partial charge in [-0.15, -0.1) is 0 Å². The number of aliphatic hydroxyl groups is 1. The molecule has 1 fully saturated rings. The molecule has 0 aromatic carbocycles. The minimum atomic E-state index is -5.12. The number of imidazole rings is 1. The molecule has 17 nitrogen and oxygen atoms in total. The van der Waals surface area contributed by atoms with E-state index in [2.05, 4.69) is 19.5 Å². The number of anilines is 1. The topological polar surface area (TPSA) is 360 Å². The Morgan fingerprint density at radius 1 is 1.17 bits per heavy atom. The zero-order chi connectivity index (χ0) is 15.9. The van der Waals surface area contributed by atoms with Crippen molar-refractivity contribution in [1.29, 1.82) is 0 Å². The van der Waals surface area contributed by atoms with Crippen LogP contribution in [0.2, 0.25) is 0 Å². The Kier molecular flexibility index (Phi) is 25.9. The minimum Gasteiger partial charge on any atom is -0.790 e. The summed E-state index contributed by atoms with van der Waals surface area (Å²) in [7, 11) is -5.12. The molecular weight excluding hydrogens is 459 g/mol. The summed E-state index contributed by atoms with van der Waals surface area (Å²) in [5.74, 6) is 0.209. The van der Waals surface area contributed by atoms with Crippen LogP contribution >= 0.6 is 7.82 Å². The van der Waals surface area contributed by atoms with Crippen LogP contribution in [-0.4, -0.2) is 76.3 Å². The summed E-state index contributed by atoms with van der Waals surface area (Å²) < 4.78 is 21.7. The monoisotopic (exact) mass is 483 g/mol. The third-order valence-electron chi connectivity index (χ3n) is 3.30. The van der Waals surface area contributed by atoms with Gasteiger partial charge in [-0.25, -0.2) is 15.0 Å². The van der Waals surface area contributed by atoms with E-state index >= 15 is 0 Å². The first kappa shape index (κ1) is 43.9. The Labute approximate surface area is 213 Å². The number of fused-ring (bicyclic) bond motifs is 1. The number of rotatable bonds is 4. The van der Waals surface area contributed by atoms with Crippen LogP contribution in [0, 0.1) is 0 Å². The zero-order valence-corrected chi connectivity index (χ0v) is 21.0. The van der Waals surface area contributed by atoms with Gasteiger partial charge in [0.15, 0.2) is 11.5 Å². The van der Waals surface area contributed by atoms with Crippen molar-refractivity contribution in [2.24, 2.45) is 0 Å². The Hall–Kier alpha value is 0.140. The number of phosphoric acid groups is 1. The van der Waals surface area contributed by atoms with E-state index in [1.165, 1.54) is 12.7 Å². The first-order chi connectivity index (χ1) is 10.3. The second-order valence-electron chi connectivity index (χ2n) is 4.76. The average Bonchev–Trinajstić information content (AvgIpc) is 3.00. The molecule has 1 aliphatic heterocycles. The Morgan fingerprint density at radius 3 is 2.27 bits per heavy atom. The predicted molar refractivity (Wildman–Crippen MR) is 89.5 cm³/mol. The maximum Gasteiger partial charge on any atom is 1.00 e. The average molecular weight is 483 g/mol. The number of nitrogens with two attached hydrogens (primary N) is 1. The van der Waals surface area contributed by atoms with Gasteiger partial charge in [-0.2, -0.15) is 0 Å². The Bertz CT molecular complexity index is 751. The second-order valence-corrected chi connectivity index (χ2v) is 5.91. The van der Waals surface area contributed by atoms with Gasteiger partial charge >= 0.3 is 59.1 Å². The van der Waals surface area contributed by atoms with Crippen molar-refractivity contribution in [3.05, 3.63) is 12.7 Å². The van der Waals surface area contributed by atoms with Gasteiger partial charge in [0.05, 0.1) is 26.9 Å². The molecule has 168 valence electrons. The molecule has 0 saturated carbocycles. The fraction of sp³-hybridized carbons (Fsp3) is 0.500. The number of phosphoric ester groups is 1. The van der Waals surface area contributed by atoms with E-state index in [9.17, 15) is 19.5 Å². The number of ether oxygens (including phenoxy) is 1. The van der Waals surface area contributed by atoms with Gasteiger partial charge in [-0.1, -0.05) is 0 Å². The summed E-state index contributed by atoms with van der Waals surface area (Å²) >= 11 is 0. The van der Waals surface area contributed by atoms with Gasteiger partial charge in [0, 0.05) is 6.42 Å². The van der Waals surface area contributed by atoms with Crippen molar-refractivity contribution in [3.8, 4) is 0 Å². The van der Waals surface area contributed by atoms with Crippen molar-refractivity contribution >= 4 is 24.8 Å². The number of hydrogen-bond acceptors (Lipinski definition) is 10. The van der Waals surface area contributed by atoms with Crippen LogP contribution in [0.4, 0.5) is 5.82 Å². The Balaban J connectivity index is -0.000000180. The largest absolute Gasteiger partial charge is 1.00 e. The molecule has 0 aliphatic carbocycles. The molecule has 2 aromatic rings. The number of nitrogens with zero attached hydrogens (tertiary/aromatic N) is 4. The van der Waals surface area contributed by atoms with Crippen LogP contribution in [0.5, 0.6) is 0 Å². The molecule has 3 heterocycles. The maximum atomic E-state index is 10.5. The fourth-order valence-corrected chi connectivity index (χ4v) is 2.61. The van der Waals surface area contributed by atoms with Gasteiger partial charge in [0.25, 0.3) is 0 Å². The standard InChI is InChI=1S/C10H14N5O6P.2Na.6H2O/c11-9-8-10(13-3-12-9)15(4-14-8)7-1-5(16)6(21-7)2-20-22(17,18)19;;;;;;;;/h3-7,16H,1-2H2,(H2,11,12,13)(H2,17,18,19);;;6*1H2/q;2*+1;;;;;;/p-2/t5-,6+,7+;;;;;;;;/m0......../s1. The van der Waals surface area contributed by atoms with E-state index in [-0.39, 0.29) is 104 Å². The molecule has 0 spiro atoms. The first-order valence-corrected chi connectivity index (χ1v) is 7.74. The third-order valence-corrected chi connectivity index (χ3v) is 3.76.